The van der Waals surface area contributed by atoms with E-state index in [9.17, 15) is 9.59 Å². The fourth-order valence-corrected chi connectivity index (χ4v) is 1.29. The molecule has 0 atom stereocenters. The average Bonchev–Trinajstić information content (AvgIpc) is 2.93. The van der Waals surface area contributed by atoms with Gasteiger partial charge in [-0.05, 0) is 13.8 Å². The maximum atomic E-state index is 10.5. The number of hydrogen-bond donors (Lipinski definition) is 0. The van der Waals surface area contributed by atoms with Crippen molar-refractivity contribution in [3.05, 3.63) is 47.6 Å². The van der Waals surface area contributed by atoms with Crippen LogP contribution in [0.15, 0.2) is 35.5 Å². The standard InChI is InChI=1S/2C7H7O.Ru/c2*1-6(8)7-4-2-3-5-7;/h2*2,4H,3H2,1H3;/q2*-1;+2. The third-order valence-electron chi connectivity index (χ3n) is 2.15. The predicted octanol–water partition coefficient (Wildman–Crippen LogP) is 2.53. The van der Waals surface area contributed by atoms with Gasteiger partial charge in [-0.1, -0.05) is 12.8 Å². The molecule has 0 aromatic rings. The third kappa shape index (κ3) is 5.69. The Bertz CT molecular complexity index is 372. The summed E-state index contributed by atoms with van der Waals surface area (Å²) in [7, 11) is 0. The zero-order valence-electron chi connectivity index (χ0n) is 9.89. The molecule has 0 saturated heterocycles. The van der Waals surface area contributed by atoms with Crippen LogP contribution in [0.3, 0.4) is 0 Å². The fourth-order valence-electron chi connectivity index (χ4n) is 1.29. The maximum absolute atomic E-state index is 10.5. The minimum atomic E-state index is 0. The molecule has 17 heavy (non-hydrogen) atoms. The normalized spacial score (nSPS) is 15.4. The minimum absolute atomic E-state index is 0. The van der Waals surface area contributed by atoms with Gasteiger partial charge in [0.1, 0.15) is 0 Å². The van der Waals surface area contributed by atoms with Crippen molar-refractivity contribution in [1.29, 1.82) is 0 Å². The summed E-state index contributed by atoms with van der Waals surface area (Å²) >= 11 is 0. The van der Waals surface area contributed by atoms with Crippen LogP contribution in [0, 0.1) is 12.2 Å². The molecule has 0 aromatic heterocycles. The molecule has 0 spiro atoms. The molecular weight excluding hydrogens is 301 g/mol. The number of hydrogen-bond acceptors (Lipinski definition) is 2. The zero-order valence-corrected chi connectivity index (χ0v) is 11.6. The monoisotopic (exact) mass is 316 g/mol. The first-order valence-electron chi connectivity index (χ1n) is 5.18. The van der Waals surface area contributed by atoms with Crippen LogP contribution in [-0.4, -0.2) is 11.6 Å². The van der Waals surface area contributed by atoms with Crippen molar-refractivity contribution < 1.29 is 29.1 Å². The van der Waals surface area contributed by atoms with Gasteiger partial charge in [-0.2, -0.15) is 35.5 Å². The van der Waals surface area contributed by atoms with Crippen LogP contribution in [0.2, 0.25) is 0 Å². The first-order chi connectivity index (χ1) is 7.61. The van der Waals surface area contributed by atoms with Crippen molar-refractivity contribution in [2.45, 2.75) is 26.7 Å². The van der Waals surface area contributed by atoms with E-state index in [1.54, 1.807) is 13.8 Å². The first kappa shape index (κ1) is 15.9. The van der Waals surface area contributed by atoms with E-state index in [2.05, 4.69) is 12.2 Å². The largest absolute Gasteiger partial charge is 2.00 e. The molecule has 90 valence electrons. The molecule has 2 aliphatic carbocycles. The molecule has 0 N–H and O–H groups in total. The van der Waals surface area contributed by atoms with E-state index in [-0.39, 0.29) is 31.0 Å². The minimum Gasteiger partial charge on any atom is -0.371 e. The second-order valence-electron chi connectivity index (χ2n) is 3.51. The van der Waals surface area contributed by atoms with Gasteiger partial charge >= 0.3 is 19.5 Å². The summed E-state index contributed by atoms with van der Waals surface area (Å²) < 4.78 is 0. The van der Waals surface area contributed by atoms with Gasteiger partial charge in [0.05, 0.1) is 0 Å². The molecule has 0 amide bonds. The smallest absolute Gasteiger partial charge is 0.371 e. The van der Waals surface area contributed by atoms with E-state index in [0.717, 1.165) is 24.0 Å². The van der Waals surface area contributed by atoms with E-state index < -0.39 is 0 Å². The van der Waals surface area contributed by atoms with Gasteiger partial charge in [0.15, 0.2) is 0 Å². The molecule has 2 nitrogen and oxygen atoms in total. The summed E-state index contributed by atoms with van der Waals surface area (Å²) in [6.45, 7) is 3.11. The molecule has 0 radical (unpaired) electrons. The van der Waals surface area contributed by atoms with Crippen molar-refractivity contribution >= 4 is 11.6 Å². The van der Waals surface area contributed by atoms with Gasteiger partial charge in [0, 0.05) is 11.6 Å². The Morgan fingerprint density at radius 1 is 0.941 bits per heavy atom. The average molecular weight is 315 g/mol. The van der Waals surface area contributed by atoms with Gasteiger partial charge in [-0.3, -0.25) is 0 Å². The van der Waals surface area contributed by atoms with Gasteiger partial charge in [0.25, 0.3) is 0 Å². The van der Waals surface area contributed by atoms with Crippen molar-refractivity contribution in [2.75, 3.05) is 0 Å². The van der Waals surface area contributed by atoms with Gasteiger partial charge in [-0.15, -0.1) is 12.2 Å². The summed E-state index contributed by atoms with van der Waals surface area (Å²) in [6, 6.07) is 0. The number of carbonyl (C=O) groups is 2. The Hall–Kier alpha value is -1.08. The molecule has 0 saturated carbocycles. The molecule has 0 aromatic carbocycles. The van der Waals surface area contributed by atoms with Gasteiger partial charge < -0.3 is 9.59 Å². The van der Waals surface area contributed by atoms with E-state index >= 15 is 0 Å². The van der Waals surface area contributed by atoms with Crippen molar-refractivity contribution in [3.63, 3.8) is 0 Å². The summed E-state index contributed by atoms with van der Waals surface area (Å²) in [5.41, 5.74) is 1.45. The summed E-state index contributed by atoms with van der Waals surface area (Å²) in [5.74, 6) is 0.220. The molecule has 3 heteroatoms. The van der Waals surface area contributed by atoms with Crippen LogP contribution in [0.25, 0.3) is 0 Å². The molecular formula is C14H14O2Ru. The molecule has 0 fully saturated rings. The Labute approximate surface area is 115 Å². The van der Waals surface area contributed by atoms with E-state index in [1.165, 1.54) is 0 Å². The SMILES string of the molecule is CC(=O)C1=[C-]CC=C1.CC(=O)C1=[C-]CC=C1.[Ru+2]. The van der Waals surface area contributed by atoms with E-state index in [1.807, 2.05) is 24.3 Å². The number of carbonyl (C=O) groups excluding carboxylic acids is 2. The van der Waals surface area contributed by atoms with Crippen LogP contribution in [0.1, 0.15) is 26.7 Å². The molecule has 2 aliphatic rings. The Morgan fingerprint density at radius 2 is 1.29 bits per heavy atom. The van der Waals surface area contributed by atoms with Crippen LogP contribution >= 0.6 is 0 Å². The van der Waals surface area contributed by atoms with Crippen molar-refractivity contribution in [1.82, 2.24) is 0 Å². The van der Waals surface area contributed by atoms with Crippen LogP contribution < -0.4 is 0 Å². The second-order valence-corrected chi connectivity index (χ2v) is 3.51. The zero-order chi connectivity index (χ0) is 12.0. The Kier molecular flexibility index (Phi) is 7.57. The molecule has 2 rings (SSSR count). The quantitative estimate of drug-likeness (QED) is 0.580. The van der Waals surface area contributed by atoms with E-state index in [0.29, 0.717) is 0 Å². The first-order valence-corrected chi connectivity index (χ1v) is 5.18. The van der Waals surface area contributed by atoms with Crippen LogP contribution in [-0.2, 0) is 29.1 Å². The van der Waals surface area contributed by atoms with Crippen molar-refractivity contribution in [2.24, 2.45) is 0 Å². The summed E-state index contributed by atoms with van der Waals surface area (Å²) in [4.78, 5) is 21.0. The topological polar surface area (TPSA) is 34.1 Å². The molecule has 0 heterocycles. The Morgan fingerprint density at radius 3 is 1.41 bits per heavy atom. The fraction of sp³-hybridized carbons (Fsp3) is 0.286. The maximum Gasteiger partial charge on any atom is 2.00 e. The van der Waals surface area contributed by atoms with E-state index in [4.69, 9.17) is 0 Å². The summed E-state index contributed by atoms with van der Waals surface area (Å²) in [5, 5.41) is 0. The van der Waals surface area contributed by atoms with Crippen molar-refractivity contribution in [3.8, 4) is 0 Å². The predicted molar refractivity (Wildman–Crippen MR) is 62.4 cm³/mol. The van der Waals surface area contributed by atoms with Gasteiger partial charge in [-0.25, -0.2) is 0 Å². The molecule has 0 unspecified atom stereocenters. The number of Topliss-reactive ketones (excluding diaryl/α,β-unsaturated/α-hetero) is 2. The molecule has 0 aliphatic heterocycles. The third-order valence-corrected chi connectivity index (χ3v) is 2.15. The summed E-state index contributed by atoms with van der Waals surface area (Å²) in [6.07, 6.45) is 14.9. The Balaban J connectivity index is 0.000000284. The number of allylic oxidation sites excluding steroid dienone is 8. The number of ketones is 2. The molecule has 0 bridgehead atoms. The van der Waals surface area contributed by atoms with Crippen LogP contribution in [0.5, 0.6) is 0 Å². The second kappa shape index (κ2) is 8.08. The number of rotatable bonds is 2. The van der Waals surface area contributed by atoms with Crippen LogP contribution in [0.4, 0.5) is 0 Å². The van der Waals surface area contributed by atoms with Gasteiger partial charge in [0.2, 0.25) is 0 Å².